The first-order valence-corrected chi connectivity index (χ1v) is 11.9. The second-order valence-electron chi connectivity index (χ2n) is 7.26. The average molecular weight is 476 g/mol. The van der Waals surface area contributed by atoms with Crippen LogP contribution in [0.25, 0.3) is 0 Å². The first kappa shape index (κ1) is 20.1. The molecule has 3 heterocycles. The van der Waals surface area contributed by atoms with Crippen LogP contribution in [0.15, 0.2) is 59.7 Å². The van der Waals surface area contributed by atoms with E-state index in [4.69, 9.17) is 0 Å². The SMILES string of the molecule is CS(=O)(=O)N1Cc2cc(Br)ccc2N(Cc2cnc[nH]2)C[C@H]1Cc1cccnc1. The zero-order chi connectivity index (χ0) is 20.4. The normalized spacial score (nSPS) is 17.7. The lowest BCUT2D eigenvalue weighted by Gasteiger charge is -2.31. The van der Waals surface area contributed by atoms with Crippen LogP contribution in [-0.4, -0.2) is 46.5 Å². The van der Waals surface area contributed by atoms with Crippen molar-refractivity contribution in [2.75, 3.05) is 17.7 Å². The Balaban J connectivity index is 1.75. The standard InChI is InChI=1S/C20H22BrN5O2S/c1-29(27,28)26-11-16-8-17(21)4-5-20(16)25(12-18-10-23-14-24-18)13-19(26)7-15-3-2-6-22-9-15/h2-6,8-10,14,19H,7,11-13H2,1H3,(H,23,24)/t19-/m1/s1. The fraction of sp³-hybridized carbons (Fsp3) is 0.300. The Morgan fingerprint density at radius 3 is 2.79 bits per heavy atom. The van der Waals surface area contributed by atoms with E-state index in [2.05, 4.69) is 35.8 Å². The number of imidazole rings is 1. The molecule has 2 aromatic heterocycles. The number of hydrogen-bond donors (Lipinski definition) is 1. The summed E-state index contributed by atoms with van der Waals surface area (Å²) in [4.78, 5) is 13.7. The van der Waals surface area contributed by atoms with Crippen LogP contribution in [0, 0.1) is 0 Å². The highest BCUT2D eigenvalue weighted by Gasteiger charge is 2.33. The smallest absolute Gasteiger partial charge is 0.211 e. The van der Waals surface area contributed by atoms with Gasteiger partial charge in [-0.25, -0.2) is 13.4 Å². The van der Waals surface area contributed by atoms with Gasteiger partial charge in [0.25, 0.3) is 0 Å². The first-order chi connectivity index (χ1) is 13.9. The van der Waals surface area contributed by atoms with Gasteiger partial charge in [0.05, 0.1) is 24.8 Å². The lowest BCUT2D eigenvalue weighted by atomic mass is 10.1. The molecule has 1 atom stereocenters. The quantitative estimate of drug-likeness (QED) is 0.613. The molecule has 3 aromatic rings. The predicted octanol–water partition coefficient (Wildman–Crippen LogP) is 2.96. The zero-order valence-electron chi connectivity index (χ0n) is 16.0. The molecule has 4 rings (SSSR count). The maximum Gasteiger partial charge on any atom is 0.211 e. The van der Waals surface area contributed by atoms with Gasteiger partial charge in [-0.3, -0.25) is 4.98 Å². The minimum atomic E-state index is -3.41. The Hall–Kier alpha value is -2.23. The number of rotatable bonds is 5. The molecule has 0 saturated carbocycles. The monoisotopic (exact) mass is 475 g/mol. The number of fused-ring (bicyclic) bond motifs is 1. The van der Waals surface area contributed by atoms with Gasteiger partial charge in [-0.2, -0.15) is 4.31 Å². The van der Waals surface area contributed by atoms with Crippen molar-refractivity contribution in [2.24, 2.45) is 0 Å². The maximum absolute atomic E-state index is 12.7. The minimum absolute atomic E-state index is 0.219. The molecule has 0 aliphatic carbocycles. The predicted molar refractivity (Wildman–Crippen MR) is 116 cm³/mol. The molecule has 0 radical (unpaired) electrons. The van der Waals surface area contributed by atoms with Crippen molar-refractivity contribution in [3.8, 4) is 0 Å². The highest BCUT2D eigenvalue weighted by atomic mass is 79.9. The number of nitrogens with zero attached hydrogens (tertiary/aromatic N) is 4. The molecule has 1 N–H and O–H groups in total. The van der Waals surface area contributed by atoms with Crippen LogP contribution in [0.2, 0.25) is 0 Å². The largest absolute Gasteiger partial charge is 0.364 e. The number of halogens is 1. The molecule has 0 spiro atoms. The molecule has 0 bridgehead atoms. The van der Waals surface area contributed by atoms with Crippen LogP contribution in [0.3, 0.4) is 0 Å². The molecule has 1 aromatic carbocycles. The van der Waals surface area contributed by atoms with Crippen LogP contribution < -0.4 is 4.90 Å². The summed E-state index contributed by atoms with van der Waals surface area (Å²) in [5.74, 6) is 0. The average Bonchev–Trinajstić information content (AvgIpc) is 3.13. The Morgan fingerprint density at radius 2 is 2.10 bits per heavy atom. The highest BCUT2D eigenvalue weighted by molar-refractivity contribution is 9.10. The molecule has 0 amide bonds. The molecule has 7 nitrogen and oxygen atoms in total. The Kier molecular flexibility index (Phi) is 5.71. The number of sulfonamides is 1. The van der Waals surface area contributed by atoms with E-state index in [1.54, 1.807) is 29.2 Å². The summed E-state index contributed by atoms with van der Waals surface area (Å²) in [6.07, 6.45) is 8.86. The van der Waals surface area contributed by atoms with Crippen molar-refractivity contribution in [2.45, 2.75) is 25.6 Å². The third-order valence-electron chi connectivity index (χ3n) is 5.08. The summed E-state index contributed by atoms with van der Waals surface area (Å²) in [5.41, 5.74) is 4.00. The van der Waals surface area contributed by atoms with Crippen molar-refractivity contribution >= 4 is 31.6 Å². The van der Waals surface area contributed by atoms with Gasteiger partial charge in [0.2, 0.25) is 10.0 Å². The molecule has 1 aliphatic rings. The van der Waals surface area contributed by atoms with Crippen LogP contribution in [0.4, 0.5) is 5.69 Å². The van der Waals surface area contributed by atoms with Crippen molar-refractivity contribution in [1.82, 2.24) is 19.3 Å². The highest BCUT2D eigenvalue weighted by Crippen LogP contribution is 2.32. The second-order valence-corrected chi connectivity index (χ2v) is 10.1. The van der Waals surface area contributed by atoms with Crippen LogP contribution >= 0.6 is 15.9 Å². The number of pyridine rings is 1. The van der Waals surface area contributed by atoms with Crippen molar-refractivity contribution in [3.05, 3.63) is 76.5 Å². The fourth-order valence-electron chi connectivity index (χ4n) is 3.80. The second kappa shape index (κ2) is 8.25. The lowest BCUT2D eigenvalue weighted by Crippen LogP contribution is -2.45. The van der Waals surface area contributed by atoms with E-state index in [9.17, 15) is 8.42 Å². The van der Waals surface area contributed by atoms with Crippen molar-refractivity contribution in [3.63, 3.8) is 0 Å². The van der Waals surface area contributed by atoms with E-state index in [0.717, 1.165) is 27.0 Å². The van der Waals surface area contributed by atoms with E-state index in [1.165, 1.54) is 6.26 Å². The van der Waals surface area contributed by atoms with Gasteiger partial charge in [0.15, 0.2) is 0 Å². The summed E-state index contributed by atoms with van der Waals surface area (Å²) in [6, 6.07) is 9.68. The number of H-pyrrole nitrogens is 1. The van der Waals surface area contributed by atoms with E-state index in [-0.39, 0.29) is 6.04 Å². The lowest BCUT2D eigenvalue weighted by molar-refractivity contribution is 0.320. The maximum atomic E-state index is 12.7. The molecular weight excluding hydrogens is 454 g/mol. The van der Waals surface area contributed by atoms with Crippen molar-refractivity contribution < 1.29 is 8.42 Å². The number of anilines is 1. The van der Waals surface area contributed by atoms with Crippen LogP contribution in [-0.2, 0) is 29.5 Å². The molecule has 1 aliphatic heterocycles. The van der Waals surface area contributed by atoms with Gasteiger partial charge in [-0.1, -0.05) is 22.0 Å². The molecule has 152 valence electrons. The number of nitrogens with one attached hydrogen (secondary N) is 1. The van der Waals surface area contributed by atoms with Gasteiger partial charge in [0, 0.05) is 47.9 Å². The van der Waals surface area contributed by atoms with Gasteiger partial charge in [-0.15, -0.1) is 0 Å². The summed E-state index contributed by atoms with van der Waals surface area (Å²) in [7, 11) is -3.41. The fourth-order valence-corrected chi connectivity index (χ4v) is 5.27. The topological polar surface area (TPSA) is 82.2 Å². The molecule has 0 fully saturated rings. The molecule has 29 heavy (non-hydrogen) atoms. The Bertz CT molecular complexity index is 1070. The van der Waals surface area contributed by atoms with Crippen molar-refractivity contribution in [1.29, 1.82) is 0 Å². The van der Waals surface area contributed by atoms with Crippen LogP contribution in [0.1, 0.15) is 16.8 Å². The van der Waals surface area contributed by atoms with E-state index in [0.29, 0.717) is 26.1 Å². The Morgan fingerprint density at radius 1 is 1.24 bits per heavy atom. The first-order valence-electron chi connectivity index (χ1n) is 9.26. The number of aromatic amines is 1. The minimum Gasteiger partial charge on any atom is -0.364 e. The molecular formula is C20H22BrN5O2S. The van der Waals surface area contributed by atoms with Gasteiger partial charge >= 0.3 is 0 Å². The van der Waals surface area contributed by atoms with Gasteiger partial charge < -0.3 is 9.88 Å². The molecule has 0 unspecified atom stereocenters. The van der Waals surface area contributed by atoms with Gasteiger partial charge in [0.1, 0.15) is 0 Å². The van der Waals surface area contributed by atoms with E-state index in [1.807, 2.05) is 30.3 Å². The third kappa shape index (κ3) is 4.68. The molecule has 0 saturated heterocycles. The Labute approximate surface area is 179 Å². The van der Waals surface area contributed by atoms with Crippen LogP contribution in [0.5, 0.6) is 0 Å². The number of hydrogen-bond acceptors (Lipinski definition) is 5. The third-order valence-corrected chi connectivity index (χ3v) is 6.86. The number of benzene rings is 1. The molecule has 9 heteroatoms. The summed E-state index contributed by atoms with van der Waals surface area (Å²) in [6.45, 7) is 1.52. The van der Waals surface area contributed by atoms with E-state index >= 15 is 0 Å². The zero-order valence-corrected chi connectivity index (χ0v) is 18.4. The summed E-state index contributed by atoms with van der Waals surface area (Å²) < 4.78 is 28.0. The number of aromatic nitrogens is 3. The summed E-state index contributed by atoms with van der Waals surface area (Å²) >= 11 is 3.52. The summed E-state index contributed by atoms with van der Waals surface area (Å²) in [5, 5.41) is 0. The van der Waals surface area contributed by atoms with Gasteiger partial charge in [-0.05, 0) is 41.8 Å². The van der Waals surface area contributed by atoms with E-state index < -0.39 is 10.0 Å².